The van der Waals surface area contributed by atoms with Gasteiger partial charge in [0.25, 0.3) is 0 Å². The van der Waals surface area contributed by atoms with Crippen molar-refractivity contribution in [3.63, 3.8) is 0 Å². The summed E-state index contributed by atoms with van der Waals surface area (Å²) in [6.45, 7) is 3.97. The van der Waals surface area contributed by atoms with Crippen LogP contribution in [0.15, 0.2) is 131 Å². The minimum atomic E-state index is -3.99. The Bertz CT molecular complexity index is 2170. The number of aliphatic hydroxyl groups is 1. The van der Waals surface area contributed by atoms with E-state index in [2.05, 4.69) is 15.0 Å². The maximum atomic E-state index is 13.6. The van der Waals surface area contributed by atoms with E-state index in [-0.39, 0.29) is 48.2 Å². The highest BCUT2D eigenvalue weighted by Crippen LogP contribution is 2.43. The number of ether oxygens (including phenoxy) is 2. The number of hydrogen-bond acceptors (Lipinski definition) is 9. The zero-order valence-corrected chi connectivity index (χ0v) is 32.0. The standard InChI is InChI=1S/C42H43N3O8S2/c1-27-10-20-34(21-11-27)55(50,51)45-36(23-29-7-4-3-5-8-29)39(47)44-24-30-12-18-33(19-13-30)42-52-37(26-54-40-35(41(48)49)9-6-22-43-40)28(2)38(53-42)32-16-14-31(25-46)15-17-32/h3-22,28,36-38,42,45-46H,23-26H2,1-2H3,(H,44,47)(H,48,49)/t28-,36+,37+,38+,42+/m0/s1. The maximum absolute atomic E-state index is 13.6. The first-order valence-electron chi connectivity index (χ1n) is 17.8. The van der Waals surface area contributed by atoms with E-state index >= 15 is 0 Å². The van der Waals surface area contributed by atoms with Crippen molar-refractivity contribution >= 4 is 33.7 Å². The highest BCUT2D eigenvalue weighted by Gasteiger charge is 2.38. The normalized spacial score (nSPS) is 19.0. The van der Waals surface area contributed by atoms with E-state index in [1.54, 1.807) is 24.4 Å². The number of hydrogen-bond donors (Lipinski definition) is 4. The zero-order chi connectivity index (χ0) is 39.0. The number of rotatable bonds is 15. The number of benzene rings is 4. The number of aromatic carboxylic acids is 1. The van der Waals surface area contributed by atoms with Gasteiger partial charge in [0.15, 0.2) is 6.29 Å². The summed E-state index contributed by atoms with van der Waals surface area (Å²) >= 11 is 1.31. The van der Waals surface area contributed by atoms with Crippen LogP contribution in [0.2, 0.25) is 0 Å². The number of nitrogens with one attached hydrogen (secondary N) is 2. The molecule has 0 unspecified atom stereocenters. The number of carbonyl (C=O) groups is 2. The molecule has 2 heterocycles. The summed E-state index contributed by atoms with van der Waals surface area (Å²) in [5.74, 6) is -1.22. The summed E-state index contributed by atoms with van der Waals surface area (Å²) in [4.78, 5) is 29.8. The van der Waals surface area contributed by atoms with Crippen molar-refractivity contribution in [1.82, 2.24) is 15.0 Å². The van der Waals surface area contributed by atoms with E-state index in [9.17, 15) is 28.2 Å². The number of carboxylic acids is 1. The molecule has 0 bridgehead atoms. The van der Waals surface area contributed by atoms with Crippen LogP contribution < -0.4 is 10.0 Å². The van der Waals surface area contributed by atoms with Crippen molar-refractivity contribution in [3.05, 3.63) is 160 Å². The summed E-state index contributed by atoms with van der Waals surface area (Å²) in [7, 11) is -3.99. The number of carbonyl (C=O) groups excluding carboxylic acids is 1. The summed E-state index contributed by atoms with van der Waals surface area (Å²) in [5.41, 5.74) is 5.07. The van der Waals surface area contributed by atoms with Gasteiger partial charge in [-0.05, 0) is 59.9 Å². The van der Waals surface area contributed by atoms with Crippen LogP contribution in [-0.2, 0) is 43.9 Å². The molecule has 11 nitrogen and oxygen atoms in total. The van der Waals surface area contributed by atoms with E-state index in [1.165, 1.54) is 30.0 Å². The second-order valence-electron chi connectivity index (χ2n) is 13.4. The van der Waals surface area contributed by atoms with E-state index in [0.29, 0.717) is 10.8 Å². The second-order valence-corrected chi connectivity index (χ2v) is 16.2. The van der Waals surface area contributed by atoms with E-state index in [0.717, 1.165) is 33.4 Å². The molecule has 0 spiro atoms. The largest absolute Gasteiger partial charge is 0.478 e. The number of sulfonamides is 1. The average Bonchev–Trinajstić information content (AvgIpc) is 3.20. The first-order valence-corrected chi connectivity index (χ1v) is 20.3. The summed E-state index contributed by atoms with van der Waals surface area (Å²) in [5, 5.41) is 22.6. The lowest BCUT2D eigenvalue weighted by molar-refractivity contribution is -0.268. The van der Waals surface area contributed by atoms with Crippen LogP contribution in [0.4, 0.5) is 0 Å². The number of aryl methyl sites for hydroxylation is 1. The van der Waals surface area contributed by atoms with Crippen LogP contribution in [0.1, 0.15) is 63.1 Å². The van der Waals surface area contributed by atoms with Gasteiger partial charge in [-0.15, -0.1) is 11.8 Å². The maximum Gasteiger partial charge on any atom is 0.338 e. The molecule has 286 valence electrons. The van der Waals surface area contributed by atoms with Gasteiger partial charge in [0.2, 0.25) is 15.9 Å². The van der Waals surface area contributed by atoms with Gasteiger partial charge >= 0.3 is 5.97 Å². The number of pyridine rings is 1. The minimum Gasteiger partial charge on any atom is -0.478 e. The molecule has 0 radical (unpaired) electrons. The highest BCUT2D eigenvalue weighted by molar-refractivity contribution is 7.99. The third-order valence-electron chi connectivity index (χ3n) is 9.46. The Morgan fingerprint density at radius 2 is 1.51 bits per heavy atom. The van der Waals surface area contributed by atoms with Gasteiger partial charge in [-0.25, -0.2) is 18.2 Å². The van der Waals surface area contributed by atoms with Crippen molar-refractivity contribution in [2.24, 2.45) is 5.92 Å². The molecule has 0 aliphatic carbocycles. The molecule has 4 N–H and O–H groups in total. The Labute approximate surface area is 325 Å². The fourth-order valence-electron chi connectivity index (χ4n) is 6.25. The van der Waals surface area contributed by atoms with E-state index in [4.69, 9.17) is 9.47 Å². The SMILES string of the molecule is Cc1ccc(S(=O)(=O)N[C@H](Cc2ccccc2)C(=O)NCc2ccc([C@@H]3O[C@H](CSc4ncccc4C(=O)O)[C@H](C)[C@H](c4ccc(CO)cc4)O3)cc2)cc1. The van der Waals surface area contributed by atoms with Crippen molar-refractivity contribution in [2.75, 3.05) is 5.75 Å². The summed E-state index contributed by atoms with van der Waals surface area (Å²) in [6.07, 6.45) is 0.242. The molecule has 6 rings (SSSR count). The van der Waals surface area contributed by atoms with Gasteiger partial charge in [-0.1, -0.05) is 103 Å². The Balaban J connectivity index is 1.16. The van der Waals surface area contributed by atoms with E-state index < -0.39 is 34.2 Å². The second kappa shape index (κ2) is 18.2. The predicted octanol–water partition coefficient (Wildman–Crippen LogP) is 6.37. The monoisotopic (exact) mass is 781 g/mol. The fraction of sp³-hybridized carbons (Fsp3) is 0.262. The lowest BCUT2D eigenvalue weighted by atomic mass is 9.91. The molecule has 1 fully saturated rings. The third kappa shape index (κ3) is 10.3. The number of nitrogens with zero attached hydrogens (tertiary/aromatic N) is 1. The van der Waals surface area contributed by atoms with Gasteiger partial charge in [0.05, 0.1) is 29.3 Å². The molecule has 13 heteroatoms. The molecular formula is C42H43N3O8S2. The van der Waals surface area contributed by atoms with Crippen molar-refractivity contribution in [1.29, 1.82) is 0 Å². The molecule has 5 aromatic rings. The third-order valence-corrected chi connectivity index (χ3v) is 12.0. The zero-order valence-electron chi connectivity index (χ0n) is 30.4. The van der Waals surface area contributed by atoms with E-state index in [1.807, 2.05) is 92.7 Å². The summed E-state index contributed by atoms with van der Waals surface area (Å²) < 4.78 is 42.3. The van der Waals surface area contributed by atoms with Gasteiger partial charge < -0.3 is 25.0 Å². The smallest absolute Gasteiger partial charge is 0.338 e. The molecule has 1 aliphatic heterocycles. The van der Waals surface area contributed by atoms with Gasteiger partial charge in [-0.2, -0.15) is 4.72 Å². The number of thioether (sulfide) groups is 1. The Hall–Kier alpha value is -4.89. The quantitative estimate of drug-likeness (QED) is 0.0878. The lowest BCUT2D eigenvalue weighted by Crippen LogP contribution is -2.47. The number of aromatic nitrogens is 1. The molecule has 5 atom stereocenters. The van der Waals surface area contributed by atoms with Crippen molar-refractivity contribution < 1.29 is 37.7 Å². The predicted molar refractivity (Wildman–Crippen MR) is 209 cm³/mol. The van der Waals surface area contributed by atoms with Crippen LogP contribution in [0.3, 0.4) is 0 Å². The number of aliphatic hydroxyl groups excluding tert-OH is 1. The number of amides is 1. The molecule has 1 aromatic heterocycles. The summed E-state index contributed by atoms with van der Waals surface area (Å²) in [6, 6.07) is 32.7. The fourth-order valence-corrected chi connectivity index (χ4v) is 8.60. The average molecular weight is 782 g/mol. The van der Waals surface area contributed by atoms with Crippen molar-refractivity contribution in [2.45, 2.75) is 67.9 Å². The number of carboxylic acid groups (broad SMARTS) is 1. The first-order chi connectivity index (χ1) is 26.5. The van der Waals surface area contributed by atoms with Crippen LogP contribution in [0.5, 0.6) is 0 Å². The van der Waals surface area contributed by atoms with Crippen LogP contribution in [-0.4, -0.2) is 53.4 Å². The van der Waals surface area contributed by atoms with Crippen LogP contribution in [0.25, 0.3) is 0 Å². The molecule has 0 saturated carbocycles. The van der Waals surface area contributed by atoms with Gasteiger partial charge in [-0.3, -0.25) is 4.79 Å². The van der Waals surface area contributed by atoms with Gasteiger partial charge in [0, 0.05) is 30.0 Å². The van der Waals surface area contributed by atoms with Crippen LogP contribution in [0, 0.1) is 12.8 Å². The lowest BCUT2D eigenvalue weighted by Gasteiger charge is -2.41. The van der Waals surface area contributed by atoms with Gasteiger partial charge in [0.1, 0.15) is 11.1 Å². The molecule has 1 amide bonds. The molecule has 55 heavy (non-hydrogen) atoms. The molecule has 1 saturated heterocycles. The first kappa shape index (κ1) is 39.8. The molecule has 1 aliphatic rings. The van der Waals surface area contributed by atoms with Crippen molar-refractivity contribution in [3.8, 4) is 0 Å². The Morgan fingerprint density at radius 3 is 2.18 bits per heavy atom. The van der Waals surface area contributed by atoms with Crippen LogP contribution >= 0.6 is 11.8 Å². The Morgan fingerprint density at radius 1 is 0.836 bits per heavy atom. The Kier molecular flexibility index (Phi) is 13.1. The topological polar surface area (TPSA) is 164 Å². The highest BCUT2D eigenvalue weighted by atomic mass is 32.2. The molecule has 4 aromatic carbocycles. The molecular weight excluding hydrogens is 739 g/mol. The minimum absolute atomic E-state index is 0.0769.